The number of anilines is 1. The standard InChI is InChI=1S/C9H11NO3/c1-12-7-13-9(11)10-8-5-3-2-4-6-8/h2-6H,7H2,1H3,(H,10,11). The van der Waals surface area contributed by atoms with Crippen LogP contribution in [0.25, 0.3) is 0 Å². The Morgan fingerprint density at radius 3 is 2.69 bits per heavy atom. The van der Waals surface area contributed by atoms with Crippen LogP contribution in [0.5, 0.6) is 0 Å². The Hall–Kier alpha value is -1.55. The first-order valence-electron chi connectivity index (χ1n) is 3.80. The molecule has 70 valence electrons. The van der Waals surface area contributed by atoms with Crippen molar-refractivity contribution in [1.82, 2.24) is 0 Å². The second-order valence-corrected chi connectivity index (χ2v) is 2.33. The van der Waals surface area contributed by atoms with Gasteiger partial charge in [-0.2, -0.15) is 0 Å². The van der Waals surface area contributed by atoms with Gasteiger partial charge in [0, 0.05) is 12.8 Å². The largest absolute Gasteiger partial charge is 0.422 e. The summed E-state index contributed by atoms with van der Waals surface area (Å²) in [5.41, 5.74) is 0.698. The van der Waals surface area contributed by atoms with Crippen molar-refractivity contribution in [2.75, 3.05) is 19.2 Å². The van der Waals surface area contributed by atoms with Gasteiger partial charge in [0.25, 0.3) is 0 Å². The second kappa shape index (κ2) is 5.16. The predicted molar refractivity (Wildman–Crippen MR) is 48.4 cm³/mol. The fourth-order valence-electron chi connectivity index (χ4n) is 0.788. The number of carbonyl (C=O) groups is 1. The zero-order valence-corrected chi connectivity index (χ0v) is 7.32. The minimum absolute atomic E-state index is 0.0430. The number of hydrogen-bond donors (Lipinski definition) is 1. The molecular formula is C9H11NO3. The number of para-hydroxylation sites is 1. The van der Waals surface area contributed by atoms with Gasteiger partial charge < -0.3 is 9.47 Å². The summed E-state index contributed by atoms with van der Waals surface area (Å²) in [6, 6.07) is 9.06. The highest BCUT2D eigenvalue weighted by Crippen LogP contribution is 2.04. The van der Waals surface area contributed by atoms with Crippen molar-refractivity contribution in [3.63, 3.8) is 0 Å². The molecule has 0 radical (unpaired) electrons. The van der Waals surface area contributed by atoms with Crippen LogP contribution in [-0.2, 0) is 9.47 Å². The monoisotopic (exact) mass is 181 g/mol. The van der Waals surface area contributed by atoms with E-state index in [1.54, 1.807) is 12.1 Å². The molecule has 4 heteroatoms. The van der Waals surface area contributed by atoms with E-state index in [1.807, 2.05) is 18.2 Å². The second-order valence-electron chi connectivity index (χ2n) is 2.33. The summed E-state index contributed by atoms with van der Waals surface area (Å²) >= 11 is 0. The first-order chi connectivity index (χ1) is 6.33. The molecule has 1 amide bonds. The van der Waals surface area contributed by atoms with E-state index < -0.39 is 6.09 Å². The number of benzene rings is 1. The summed E-state index contributed by atoms with van der Waals surface area (Å²) in [6.07, 6.45) is -0.520. The molecule has 0 aliphatic carbocycles. The molecule has 0 saturated heterocycles. The summed E-state index contributed by atoms with van der Waals surface area (Å²) in [7, 11) is 1.45. The van der Waals surface area contributed by atoms with Crippen LogP contribution in [0.15, 0.2) is 30.3 Å². The average molecular weight is 181 g/mol. The Kier molecular flexibility index (Phi) is 3.78. The van der Waals surface area contributed by atoms with Gasteiger partial charge >= 0.3 is 6.09 Å². The van der Waals surface area contributed by atoms with Crippen LogP contribution in [0.2, 0.25) is 0 Å². The SMILES string of the molecule is COCOC(=O)Nc1ccccc1. The molecule has 0 bridgehead atoms. The zero-order valence-electron chi connectivity index (χ0n) is 7.32. The molecule has 1 N–H and O–H groups in total. The van der Waals surface area contributed by atoms with Gasteiger partial charge in [0.15, 0.2) is 6.79 Å². The maximum Gasteiger partial charge on any atom is 0.413 e. The van der Waals surface area contributed by atoms with Crippen molar-refractivity contribution in [3.05, 3.63) is 30.3 Å². The highest BCUT2D eigenvalue weighted by Gasteiger charge is 2.00. The first-order valence-corrected chi connectivity index (χ1v) is 3.80. The normalized spacial score (nSPS) is 9.31. The van der Waals surface area contributed by atoms with Crippen molar-refractivity contribution in [1.29, 1.82) is 0 Å². The lowest BCUT2D eigenvalue weighted by Crippen LogP contribution is -2.14. The number of amides is 1. The third-order valence-corrected chi connectivity index (χ3v) is 1.33. The van der Waals surface area contributed by atoms with Gasteiger partial charge in [-0.25, -0.2) is 4.79 Å². The molecule has 0 saturated carbocycles. The molecular weight excluding hydrogens is 170 g/mol. The number of hydrogen-bond acceptors (Lipinski definition) is 3. The zero-order chi connectivity index (χ0) is 9.52. The lowest BCUT2D eigenvalue weighted by atomic mass is 10.3. The Morgan fingerprint density at radius 1 is 1.38 bits per heavy atom. The number of ether oxygens (including phenoxy) is 2. The smallest absolute Gasteiger partial charge is 0.413 e. The lowest BCUT2D eigenvalue weighted by Gasteiger charge is -2.04. The number of rotatable bonds is 3. The van der Waals surface area contributed by atoms with Gasteiger partial charge in [0.2, 0.25) is 0 Å². The minimum atomic E-state index is -0.520. The van der Waals surface area contributed by atoms with Crippen molar-refractivity contribution < 1.29 is 14.3 Å². The molecule has 4 nitrogen and oxygen atoms in total. The van der Waals surface area contributed by atoms with E-state index in [1.165, 1.54) is 7.11 Å². The Morgan fingerprint density at radius 2 is 2.08 bits per heavy atom. The highest BCUT2D eigenvalue weighted by atomic mass is 16.7. The van der Waals surface area contributed by atoms with Crippen molar-refractivity contribution in [2.24, 2.45) is 0 Å². The fourth-order valence-corrected chi connectivity index (χ4v) is 0.788. The van der Waals surface area contributed by atoms with Gasteiger partial charge in [-0.15, -0.1) is 0 Å². The van der Waals surface area contributed by atoms with E-state index in [4.69, 9.17) is 0 Å². The van der Waals surface area contributed by atoms with E-state index in [-0.39, 0.29) is 6.79 Å². The third-order valence-electron chi connectivity index (χ3n) is 1.33. The third kappa shape index (κ3) is 3.57. The molecule has 0 heterocycles. The summed E-state index contributed by atoms with van der Waals surface area (Å²) in [5.74, 6) is 0. The fraction of sp³-hybridized carbons (Fsp3) is 0.222. The number of carbonyl (C=O) groups excluding carboxylic acids is 1. The maximum absolute atomic E-state index is 11.0. The topological polar surface area (TPSA) is 47.6 Å². The van der Waals surface area contributed by atoms with Gasteiger partial charge in [-0.3, -0.25) is 5.32 Å². The van der Waals surface area contributed by atoms with Crippen molar-refractivity contribution in [3.8, 4) is 0 Å². The summed E-state index contributed by atoms with van der Waals surface area (Å²) in [6.45, 7) is -0.0430. The van der Waals surface area contributed by atoms with Crippen molar-refractivity contribution in [2.45, 2.75) is 0 Å². The minimum Gasteiger partial charge on any atom is -0.422 e. The molecule has 0 spiro atoms. The Labute approximate surface area is 76.5 Å². The van der Waals surface area contributed by atoms with Gasteiger partial charge in [0.1, 0.15) is 0 Å². The molecule has 0 aliphatic heterocycles. The number of nitrogens with one attached hydrogen (secondary N) is 1. The Balaban J connectivity index is 2.37. The molecule has 0 atom stereocenters. The van der Waals surface area contributed by atoms with Crippen LogP contribution in [-0.4, -0.2) is 20.0 Å². The molecule has 13 heavy (non-hydrogen) atoms. The molecule has 0 aromatic heterocycles. The van der Waals surface area contributed by atoms with E-state index in [0.717, 1.165) is 0 Å². The maximum atomic E-state index is 11.0. The molecule has 1 aromatic rings. The van der Waals surface area contributed by atoms with Crippen molar-refractivity contribution >= 4 is 11.8 Å². The summed E-state index contributed by atoms with van der Waals surface area (Å²) < 4.78 is 9.19. The predicted octanol–water partition coefficient (Wildman–Crippen LogP) is 1.84. The lowest BCUT2D eigenvalue weighted by molar-refractivity contribution is 0.0183. The summed E-state index contributed by atoms with van der Waals surface area (Å²) in [5, 5.41) is 2.54. The van der Waals surface area contributed by atoms with E-state index in [9.17, 15) is 4.79 Å². The van der Waals surface area contributed by atoms with E-state index in [2.05, 4.69) is 14.8 Å². The van der Waals surface area contributed by atoms with Crippen LogP contribution in [0, 0.1) is 0 Å². The van der Waals surface area contributed by atoms with E-state index in [0.29, 0.717) is 5.69 Å². The van der Waals surface area contributed by atoms with Gasteiger partial charge in [-0.1, -0.05) is 18.2 Å². The summed E-state index contributed by atoms with van der Waals surface area (Å²) in [4.78, 5) is 11.0. The quantitative estimate of drug-likeness (QED) is 0.724. The van der Waals surface area contributed by atoms with Gasteiger partial charge in [-0.05, 0) is 12.1 Å². The molecule has 0 aliphatic rings. The molecule has 1 aromatic carbocycles. The molecule has 0 fully saturated rings. The molecule has 0 unspecified atom stereocenters. The van der Waals surface area contributed by atoms with Crippen LogP contribution < -0.4 is 5.32 Å². The Bertz CT molecular complexity index is 261. The van der Waals surface area contributed by atoms with Crippen LogP contribution in [0.4, 0.5) is 10.5 Å². The average Bonchev–Trinajstić information content (AvgIpc) is 2.16. The first kappa shape index (κ1) is 9.54. The van der Waals surface area contributed by atoms with E-state index >= 15 is 0 Å². The van der Waals surface area contributed by atoms with Crippen LogP contribution >= 0.6 is 0 Å². The molecule has 1 rings (SSSR count). The van der Waals surface area contributed by atoms with Crippen LogP contribution in [0.1, 0.15) is 0 Å². The number of methoxy groups -OCH3 is 1. The highest BCUT2D eigenvalue weighted by molar-refractivity contribution is 5.84. The van der Waals surface area contributed by atoms with Crippen LogP contribution in [0.3, 0.4) is 0 Å². The van der Waals surface area contributed by atoms with Gasteiger partial charge in [0.05, 0.1) is 0 Å².